The number of furan rings is 1. The minimum Gasteiger partial charge on any atom is -0.459 e. The molecule has 4 rings (SSSR count). The lowest BCUT2D eigenvalue weighted by atomic mass is 10.1. The average molecular weight is 483 g/mol. The maximum atomic E-state index is 13.3. The molecule has 0 aliphatic heterocycles. The summed E-state index contributed by atoms with van der Waals surface area (Å²) in [5.74, 6) is -1.31. The summed E-state index contributed by atoms with van der Waals surface area (Å²) in [6.45, 7) is 0.0882. The second kappa shape index (κ2) is 9.88. The number of benzene rings is 3. The van der Waals surface area contributed by atoms with Gasteiger partial charge in [-0.05, 0) is 60.2 Å². The Morgan fingerprint density at radius 2 is 1.47 bits per heavy atom. The molecule has 0 atom stereocenters. The molecule has 0 N–H and O–H groups in total. The van der Waals surface area contributed by atoms with Crippen molar-refractivity contribution in [2.75, 3.05) is 0 Å². The van der Waals surface area contributed by atoms with E-state index in [2.05, 4.69) is 0 Å². The van der Waals surface area contributed by atoms with Gasteiger partial charge in [-0.15, -0.1) is 0 Å². The van der Waals surface area contributed by atoms with Gasteiger partial charge in [0.25, 0.3) is 5.91 Å². The largest absolute Gasteiger partial charge is 0.459 e. The molecule has 0 fully saturated rings. The predicted octanol–water partition coefficient (Wildman–Crippen LogP) is 5.17. The van der Waals surface area contributed by atoms with Gasteiger partial charge in [-0.2, -0.15) is 8.42 Å². The molecule has 4 aromatic rings. The predicted molar refractivity (Wildman–Crippen MR) is 119 cm³/mol. The maximum absolute atomic E-state index is 13.3. The quantitative estimate of drug-likeness (QED) is 0.323. The highest BCUT2D eigenvalue weighted by molar-refractivity contribution is 7.87. The van der Waals surface area contributed by atoms with Gasteiger partial charge in [0.2, 0.25) is 0 Å². The van der Waals surface area contributed by atoms with Crippen molar-refractivity contribution in [1.29, 1.82) is 0 Å². The summed E-state index contributed by atoms with van der Waals surface area (Å²) in [6, 6.07) is 19.4. The Kier molecular flexibility index (Phi) is 6.74. The van der Waals surface area contributed by atoms with Crippen LogP contribution in [-0.2, 0) is 23.2 Å². The van der Waals surface area contributed by atoms with Crippen LogP contribution in [0.15, 0.2) is 101 Å². The van der Waals surface area contributed by atoms with Gasteiger partial charge in [0.15, 0.2) is 5.76 Å². The van der Waals surface area contributed by atoms with E-state index in [1.807, 2.05) is 0 Å². The van der Waals surface area contributed by atoms with Crippen molar-refractivity contribution in [2.24, 2.45) is 0 Å². The fourth-order valence-electron chi connectivity index (χ4n) is 3.25. The molecule has 9 heteroatoms. The third kappa shape index (κ3) is 5.49. The van der Waals surface area contributed by atoms with Crippen LogP contribution < -0.4 is 4.18 Å². The minimum atomic E-state index is -4.25. The molecule has 6 nitrogen and oxygen atoms in total. The Hall–Kier alpha value is -3.98. The highest BCUT2D eigenvalue weighted by Crippen LogP contribution is 2.26. The number of hydrogen-bond donors (Lipinski definition) is 0. The van der Waals surface area contributed by atoms with Crippen molar-refractivity contribution in [3.63, 3.8) is 0 Å². The molecule has 174 valence electrons. The zero-order valence-corrected chi connectivity index (χ0v) is 18.5. The molecule has 0 saturated heterocycles. The van der Waals surface area contributed by atoms with Crippen molar-refractivity contribution in [3.8, 4) is 5.75 Å². The summed E-state index contributed by atoms with van der Waals surface area (Å²) < 4.78 is 62.5. The monoisotopic (exact) mass is 483 g/mol. The van der Waals surface area contributed by atoms with Gasteiger partial charge in [-0.1, -0.05) is 30.3 Å². The summed E-state index contributed by atoms with van der Waals surface area (Å²) in [5.41, 5.74) is 1.08. The van der Waals surface area contributed by atoms with E-state index in [0.717, 1.165) is 24.3 Å². The molecule has 1 amide bonds. The zero-order valence-electron chi connectivity index (χ0n) is 17.7. The third-order valence-electron chi connectivity index (χ3n) is 4.94. The minimum absolute atomic E-state index is 0.0168. The smallest absolute Gasteiger partial charge is 0.339 e. The number of carbonyl (C=O) groups is 1. The number of nitrogens with zero attached hydrogens (tertiary/aromatic N) is 1. The first-order valence-corrected chi connectivity index (χ1v) is 11.6. The van der Waals surface area contributed by atoms with Crippen LogP contribution in [0, 0.1) is 11.6 Å². The Bertz CT molecular complexity index is 1370. The molecular weight excluding hydrogens is 464 g/mol. The van der Waals surface area contributed by atoms with E-state index >= 15 is 0 Å². The van der Waals surface area contributed by atoms with E-state index in [1.165, 1.54) is 35.4 Å². The first-order chi connectivity index (χ1) is 16.3. The number of amides is 1. The Balaban J connectivity index is 1.63. The topological polar surface area (TPSA) is 76.8 Å². The molecule has 0 saturated carbocycles. The Morgan fingerprint density at radius 3 is 2.12 bits per heavy atom. The van der Waals surface area contributed by atoms with Crippen LogP contribution in [0.4, 0.5) is 8.78 Å². The highest BCUT2D eigenvalue weighted by Gasteiger charge is 2.23. The van der Waals surface area contributed by atoms with Crippen LogP contribution in [-0.4, -0.2) is 19.2 Å². The molecule has 0 aliphatic carbocycles. The number of para-hydroxylation sites is 1. The lowest BCUT2D eigenvalue weighted by Gasteiger charge is -2.23. The second-order valence-corrected chi connectivity index (χ2v) is 8.91. The van der Waals surface area contributed by atoms with Gasteiger partial charge < -0.3 is 13.5 Å². The van der Waals surface area contributed by atoms with Crippen LogP contribution in [0.5, 0.6) is 5.75 Å². The molecule has 0 spiro atoms. The van der Waals surface area contributed by atoms with Crippen LogP contribution in [0.3, 0.4) is 0 Å². The summed E-state index contributed by atoms with van der Waals surface area (Å²) in [4.78, 5) is 14.3. The van der Waals surface area contributed by atoms with Gasteiger partial charge in [0, 0.05) is 12.1 Å². The standard InChI is InChI=1S/C25H19F2NO5S/c26-20-9-7-18(8-10-20)16-28(25(29)24-6-3-15-32-24)17-19-4-1-2-5-23(19)33-34(30,31)22-13-11-21(27)12-14-22/h1-15H,16-17H2. The first kappa shape index (κ1) is 23.2. The fourth-order valence-corrected chi connectivity index (χ4v) is 4.22. The molecule has 3 aromatic carbocycles. The van der Waals surface area contributed by atoms with E-state index in [1.54, 1.807) is 36.4 Å². The van der Waals surface area contributed by atoms with E-state index in [0.29, 0.717) is 11.1 Å². The van der Waals surface area contributed by atoms with Crippen molar-refractivity contribution in [2.45, 2.75) is 18.0 Å². The number of rotatable bonds is 8. The zero-order chi connectivity index (χ0) is 24.1. The summed E-state index contributed by atoms with van der Waals surface area (Å²) >= 11 is 0. The molecule has 1 heterocycles. The van der Waals surface area contributed by atoms with Crippen molar-refractivity contribution >= 4 is 16.0 Å². The maximum Gasteiger partial charge on any atom is 0.339 e. The van der Waals surface area contributed by atoms with Crippen molar-refractivity contribution in [1.82, 2.24) is 4.90 Å². The van der Waals surface area contributed by atoms with Gasteiger partial charge in [0.05, 0.1) is 12.8 Å². The number of hydrogen-bond acceptors (Lipinski definition) is 5. The number of carbonyl (C=O) groups excluding carboxylic acids is 1. The van der Waals surface area contributed by atoms with Crippen molar-refractivity contribution in [3.05, 3.63) is 120 Å². The second-order valence-electron chi connectivity index (χ2n) is 7.36. The average Bonchev–Trinajstić information content (AvgIpc) is 3.36. The molecule has 0 unspecified atom stereocenters. The van der Waals surface area contributed by atoms with Crippen LogP contribution in [0.1, 0.15) is 21.7 Å². The lowest BCUT2D eigenvalue weighted by Crippen LogP contribution is -2.30. The normalized spacial score (nSPS) is 11.2. The SMILES string of the molecule is O=C(c1ccco1)N(Cc1ccc(F)cc1)Cc1ccccc1OS(=O)(=O)c1ccc(F)cc1. The summed E-state index contributed by atoms with van der Waals surface area (Å²) in [7, 11) is -4.25. The van der Waals surface area contributed by atoms with Gasteiger partial charge in [0.1, 0.15) is 22.3 Å². The fraction of sp³-hybridized carbons (Fsp3) is 0.0800. The van der Waals surface area contributed by atoms with Crippen LogP contribution in [0.25, 0.3) is 0 Å². The molecule has 0 radical (unpaired) electrons. The summed E-state index contributed by atoms with van der Waals surface area (Å²) in [5, 5.41) is 0. The third-order valence-corrected chi connectivity index (χ3v) is 6.19. The van der Waals surface area contributed by atoms with Crippen LogP contribution in [0.2, 0.25) is 0 Å². The molecule has 0 bridgehead atoms. The first-order valence-electron chi connectivity index (χ1n) is 10.2. The molecule has 1 aromatic heterocycles. The molecule has 0 aliphatic rings. The van der Waals surface area contributed by atoms with Gasteiger partial charge in [-0.3, -0.25) is 4.79 Å². The van der Waals surface area contributed by atoms with Gasteiger partial charge >= 0.3 is 10.1 Å². The number of halogens is 2. The van der Waals surface area contributed by atoms with Gasteiger partial charge in [-0.25, -0.2) is 8.78 Å². The van der Waals surface area contributed by atoms with E-state index in [-0.39, 0.29) is 29.5 Å². The lowest BCUT2D eigenvalue weighted by molar-refractivity contribution is 0.0697. The summed E-state index contributed by atoms with van der Waals surface area (Å²) in [6.07, 6.45) is 1.37. The van der Waals surface area contributed by atoms with E-state index in [9.17, 15) is 22.0 Å². The molecule has 34 heavy (non-hydrogen) atoms. The Labute approximate surface area is 195 Å². The van der Waals surface area contributed by atoms with Crippen molar-refractivity contribution < 1.29 is 30.6 Å². The Morgan fingerprint density at radius 1 is 0.824 bits per heavy atom. The van der Waals surface area contributed by atoms with Crippen LogP contribution >= 0.6 is 0 Å². The van der Waals surface area contributed by atoms with E-state index < -0.39 is 27.7 Å². The van der Waals surface area contributed by atoms with E-state index in [4.69, 9.17) is 8.60 Å². The highest BCUT2D eigenvalue weighted by atomic mass is 32.2. The molecular formula is C25H19F2NO5S.